The number of halogens is 2. The minimum Gasteiger partial charge on any atom is -0.482 e. The van der Waals surface area contributed by atoms with E-state index in [-0.39, 0.29) is 34.4 Å². The second-order valence-electron chi connectivity index (χ2n) is 8.09. The predicted octanol–water partition coefficient (Wildman–Crippen LogP) is 5.86. The average molecular weight is 585 g/mol. The van der Waals surface area contributed by atoms with Gasteiger partial charge in [0.15, 0.2) is 13.2 Å². The number of rotatable bonds is 10. The highest BCUT2D eigenvalue weighted by Gasteiger charge is 2.19. The summed E-state index contributed by atoms with van der Waals surface area (Å²) in [4.78, 5) is 24.6. The number of para-hydroxylation sites is 2. The van der Waals surface area contributed by atoms with E-state index in [2.05, 4.69) is 10.6 Å². The number of benzene rings is 4. The molecule has 2 N–H and O–H groups in total. The lowest BCUT2D eigenvalue weighted by atomic mass is 10.3. The molecule has 4 rings (SSSR count). The number of nitrogens with one attached hydrogen (secondary N) is 2. The van der Waals surface area contributed by atoms with Gasteiger partial charge in [-0.15, -0.1) is 0 Å². The number of carbonyl (C=O) groups is 2. The van der Waals surface area contributed by atoms with Crippen molar-refractivity contribution in [3.05, 3.63) is 107 Å². The van der Waals surface area contributed by atoms with Gasteiger partial charge in [0.25, 0.3) is 11.8 Å². The molecule has 39 heavy (non-hydrogen) atoms. The Balaban J connectivity index is 1.40. The van der Waals surface area contributed by atoms with Gasteiger partial charge in [-0.05, 0) is 60.7 Å². The van der Waals surface area contributed by atoms with Crippen molar-refractivity contribution in [2.45, 2.75) is 9.79 Å². The van der Waals surface area contributed by atoms with Crippen molar-refractivity contribution < 1.29 is 27.5 Å². The van der Waals surface area contributed by atoms with Crippen molar-refractivity contribution >= 4 is 56.2 Å². The molecule has 0 aliphatic carbocycles. The third kappa shape index (κ3) is 7.51. The summed E-state index contributed by atoms with van der Waals surface area (Å²) in [6, 6.07) is 25.1. The first kappa shape index (κ1) is 28.0. The summed E-state index contributed by atoms with van der Waals surface area (Å²) in [5.74, 6) is -0.275. The smallest absolute Gasteiger partial charge is 0.262 e. The third-order valence-corrected chi connectivity index (χ3v) is 7.62. The normalized spacial score (nSPS) is 10.9. The van der Waals surface area contributed by atoms with E-state index in [1.54, 1.807) is 60.7 Å². The monoisotopic (exact) mass is 584 g/mol. The fraction of sp³-hybridized carbons (Fsp3) is 0.0714. The molecule has 4 aromatic rings. The van der Waals surface area contributed by atoms with E-state index < -0.39 is 21.7 Å². The van der Waals surface area contributed by atoms with Crippen LogP contribution in [-0.4, -0.2) is 33.4 Å². The van der Waals surface area contributed by atoms with Crippen molar-refractivity contribution in [3.8, 4) is 11.5 Å². The molecule has 0 atom stereocenters. The van der Waals surface area contributed by atoms with E-state index in [0.717, 1.165) is 0 Å². The van der Waals surface area contributed by atoms with Crippen LogP contribution in [-0.2, 0) is 19.4 Å². The van der Waals surface area contributed by atoms with E-state index in [0.29, 0.717) is 21.5 Å². The Kier molecular flexibility index (Phi) is 9.08. The van der Waals surface area contributed by atoms with Crippen LogP contribution in [0.2, 0.25) is 10.0 Å². The molecule has 0 aliphatic heterocycles. The lowest BCUT2D eigenvalue weighted by Crippen LogP contribution is -2.20. The first-order valence-electron chi connectivity index (χ1n) is 11.5. The van der Waals surface area contributed by atoms with Crippen molar-refractivity contribution in [2.24, 2.45) is 0 Å². The lowest BCUT2D eigenvalue weighted by molar-refractivity contribution is -0.118. The SMILES string of the molecule is O=C(COc1ccccc1Cl)Nc1cccc(S(=O)(=O)c2cccc(NC(=O)COc3ccccc3Cl)c2)c1. The Bertz CT molecular complexity index is 1500. The van der Waals surface area contributed by atoms with Gasteiger partial charge >= 0.3 is 0 Å². The van der Waals surface area contributed by atoms with E-state index in [4.69, 9.17) is 32.7 Å². The van der Waals surface area contributed by atoms with Gasteiger partial charge in [0.05, 0.1) is 19.8 Å². The van der Waals surface area contributed by atoms with Gasteiger partial charge in [-0.1, -0.05) is 59.6 Å². The zero-order valence-electron chi connectivity index (χ0n) is 20.3. The molecule has 0 spiro atoms. The van der Waals surface area contributed by atoms with Crippen molar-refractivity contribution in [2.75, 3.05) is 23.8 Å². The summed E-state index contributed by atoms with van der Waals surface area (Å²) < 4.78 is 37.4. The maximum Gasteiger partial charge on any atom is 0.262 e. The number of hydrogen-bond donors (Lipinski definition) is 2. The number of anilines is 2. The van der Waals surface area contributed by atoms with Crippen LogP contribution in [0.25, 0.3) is 0 Å². The summed E-state index contributed by atoms with van der Waals surface area (Å²) in [5.41, 5.74) is 0.537. The first-order valence-corrected chi connectivity index (χ1v) is 13.8. The van der Waals surface area contributed by atoms with Gasteiger partial charge < -0.3 is 20.1 Å². The maximum atomic E-state index is 13.3. The fourth-order valence-electron chi connectivity index (χ4n) is 3.42. The lowest BCUT2D eigenvalue weighted by Gasteiger charge is -2.11. The van der Waals surface area contributed by atoms with Crippen molar-refractivity contribution in [1.82, 2.24) is 0 Å². The Labute approximate surface area is 235 Å². The molecule has 4 aromatic carbocycles. The molecule has 0 bridgehead atoms. The molecule has 0 unspecified atom stereocenters. The molecule has 200 valence electrons. The molecule has 0 radical (unpaired) electrons. The Morgan fingerprint density at radius 3 is 1.44 bits per heavy atom. The van der Waals surface area contributed by atoms with Crippen molar-refractivity contribution in [3.63, 3.8) is 0 Å². The third-order valence-electron chi connectivity index (χ3n) is 5.25. The molecule has 0 saturated carbocycles. The van der Waals surface area contributed by atoms with Crippen LogP contribution in [0.5, 0.6) is 11.5 Å². The number of ether oxygens (including phenoxy) is 2. The summed E-state index contributed by atoms with van der Waals surface area (Å²) in [7, 11) is -3.98. The zero-order valence-corrected chi connectivity index (χ0v) is 22.6. The Morgan fingerprint density at radius 2 is 1.03 bits per heavy atom. The van der Waals surface area contributed by atoms with Gasteiger partial charge in [-0.25, -0.2) is 8.42 Å². The molecular formula is C28H22Cl2N2O6S. The molecule has 8 nitrogen and oxygen atoms in total. The fourth-order valence-corrected chi connectivity index (χ4v) is 5.15. The molecule has 0 fully saturated rings. The average Bonchev–Trinajstić information content (AvgIpc) is 2.92. The number of carbonyl (C=O) groups excluding carboxylic acids is 2. The quantitative estimate of drug-likeness (QED) is 0.241. The van der Waals surface area contributed by atoms with Gasteiger partial charge in [-0.2, -0.15) is 0 Å². The second-order valence-corrected chi connectivity index (χ2v) is 10.9. The summed E-state index contributed by atoms with van der Waals surface area (Å²) in [5, 5.41) is 5.96. The number of amides is 2. The van der Waals surface area contributed by atoms with E-state index >= 15 is 0 Å². The Morgan fingerprint density at radius 1 is 0.615 bits per heavy atom. The van der Waals surface area contributed by atoms with Crippen LogP contribution in [0, 0.1) is 0 Å². The first-order chi connectivity index (χ1) is 18.7. The van der Waals surface area contributed by atoms with Gasteiger partial charge in [0, 0.05) is 11.4 Å². The molecule has 11 heteroatoms. The van der Waals surface area contributed by atoms with E-state index in [1.807, 2.05) is 0 Å². The van der Waals surface area contributed by atoms with Crippen LogP contribution in [0.3, 0.4) is 0 Å². The van der Waals surface area contributed by atoms with Crippen LogP contribution in [0.4, 0.5) is 11.4 Å². The maximum absolute atomic E-state index is 13.3. The minimum atomic E-state index is -3.98. The van der Waals surface area contributed by atoms with E-state index in [1.165, 1.54) is 36.4 Å². The highest BCUT2D eigenvalue weighted by molar-refractivity contribution is 7.91. The second kappa shape index (κ2) is 12.7. The zero-order chi connectivity index (χ0) is 27.8. The van der Waals surface area contributed by atoms with E-state index in [9.17, 15) is 18.0 Å². The molecule has 0 saturated heterocycles. The molecule has 2 amide bonds. The molecule has 0 aliphatic rings. The number of sulfone groups is 1. The predicted molar refractivity (Wildman–Crippen MR) is 149 cm³/mol. The minimum absolute atomic E-state index is 0.0437. The summed E-state index contributed by atoms with van der Waals surface area (Å²) >= 11 is 12.1. The van der Waals surface area contributed by atoms with Crippen LogP contribution in [0.1, 0.15) is 0 Å². The van der Waals surface area contributed by atoms with Gasteiger partial charge in [-0.3, -0.25) is 9.59 Å². The van der Waals surface area contributed by atoms with Gasteiger partial charge in [0.2, 0.25) is 9.84 Å². The van der Waals surface area contributed by atoms with Crippen LogP contribution in [0.15, 0.2) is 107 Å². The highest BCUT2D eigenvalue weighted by atomic mass is 35.5. The largest absolute Gasteiger partial charge is 0.482 e. The van der Waals surface area contributed by atoms with Crippen LogP contribution >= 0.6 is 23.2 Å². The standard InChI is InChI=1S/C28H22Cl2N2O6S/c29-23-11-1-3-13-25(23)37-17-27(33)31-19-7-5-9-21(15-19)39(35,36)22-10-6-8-20(16-22)32-28(34)18-38-26-14-4-2-12-24(26)30/h1-16H,17-18H2,(H,31,33)(H,32,34). The molecule has 0 aromatic heterocycles. The topological polar surface area (TPSA) is 111 Å². The van der Waals surface area contributed by atoms with Crippen LogP contribution < -0.4 is 20.1 Å². The summed E-state index contributed by atoms with van der Waals surface area (Å²) in [6.07, 6.45) is 0. The van der Waals surface area contributed by atoms with Gasteiger partial charge in [0.1, 0.15) is 11.5 Å². The molecular weight excluding hydrogens is 563 g/mol. The number of hydrogen-bond acceptors (Lipinski definition) is 6. The Hall–Kier alpha value is -4.05. The highest BCUT2D eigenvalue weighted by Crippen LogP contribution is 2.27. The molecule has 0 heterocycles. The van der Waals surface area contributed by atoms with Crippen molar-refractivity contribution in [1.29, 1.82) is 0 Å². The summed E-state index contributed by atoms with van der Waals surface area (Å²) in [6.45, 7) is -0.634.